The molecule has 0 aliphatic carbocycles. The van der Waals surface area contributed by atoms with Crippen molar-refractivity contribution in [1.82, 2.24) is 4.31 Å². The third-order valence-electron chi connectivity index (χ3n) is 5.00. The van der Waals surface area contributed by atoms with Gasteiger partial charge in [-0.25, -0.2) is 12.8 Å². The van der Waals surface area contributed by atoms with Crippen molar-refractivity contribution in [2.45, 2.75) is 32.1 Å². The van der Waals surface area contributed by atoms with Crippen LogP contribution in [0.5, 0.6) is 0 Å². The van der Waals surface area contributed by atoms with Crippen molar-refractivity contribution < 1.29 is 12.8 Å². The van der Waals surface area contributed by atoms with E-state index in [1.165, 1.54) is 22.0 Å². The Labute approximate surface area is 155 Å². The lowest BCUT2D eigenvalue weighted by molar-refractivity contribution is 0.385. The standard InChI is InChI=1S/C20H25FN2O2S/c1-4-17-5-7-18(8-6-17)22-9-11-23(12-10-22)26(24,25)19-13-15(2)20(21)16(3)14-19/h5-8,13-14H,4,9-12H2,1-3H3. The van der Waals surface area contributed by atoms with Crippen LogP contribution < -0.4 is 4.90 Å². The molecule has 1 aliphatic heterocycles. The summed E-state index contributed by atoms with van der Waals surface area (Å²) in [6.45, 7) is 7.45. The van der Waals surface area contributed by atoms with E-state index >= 15 is 0 Å². The van der Waals surface area contributed by atoms with E-state index in [1.807, 2.05) is 0 Å². The van der Waals surface area contributed by atoms with Crippen molar-refractivity contribution in [3.8, 4) is 0 Å². The fourth-order valence-electron chi connectivity index (χ4n) is 3.33. The second-order valence-electron chi connectivity index (χ2n) is 6.78. The number of anilines is 1. The summed E-state index contributed by atoms with van der Waals surface area (Å²) in [7, 11) is -3.60. The van der Waals surface area contributed by atoms with Gasteiger partial charge in [0.25, 0.3) is 0 Å². The fraction of sp³-hybridized carbons (Fsp3) is 0.400. The molecule has 0 bridgehead atoms. The molecule has 4 nitrogen and oxygen atoms in total. The molecule has 140 valence electrons. The van der Waals surface area contributed by atoms with Crippen molar-refractivity contribution >= 4 is 15.7 Å². The summed E-state index contributed by atoms with van der Waals surface area (Å²) >= 11 is 0. The van der Waals surface area contributed by atoms with Crippen LogP contribution in [0.2, 0.25) is 0 Å². The maximum Gasteiger partial charge on any atom is 0.243 e. The quantitative estimate of drug-likeness (QED) is 0.820. The van der Waals surface area contributed by atoms with Gasteiger partial charge in [0, 0.05) is 31.9 Å². The number of aryl methyl sites for hydroxylation is 3. The molecule has 26 heavy (non-hydrogen) atoms. The average Bonchev–Trinajstić information content (AvgIpc) is 2.66. The van der Waals surface area contributed by atoms with E-state index in [-0.39, 0.29) is 10.7 Å². The molecule has 1 saturated heterocycles. The minimum absolute atomic E-state index is 0.176. The average molecular weight is 376 g/mol. The molecule has 0 spiro atoms. The summed E-state index contributed by atoms with van der Waals surface area (Å²) in [5.74, 6) is -0.343. The van der Waals surface area contributed by atoms with Crippen LogP contribution in [0.3, 0.4) is 0 Å². The predicted molar refractivity (Wildman–Crippen MR) is 103 cm³/mol. The SMILES string of the molecule is CCc1ccc(N2CCN(S(=O)(=O)c3cc(C)c(F)c(C)c3)CC2)cc1. The first-order chi connectivity index (χ1) is 12.3. The molecule has 0 N–H and O–H groups in total. The Bertz CT molecular complexity index is 864. The molecule has 3 rings (SSSR count). The first-order valence-corrected chi connectivity index (χ1v) is 10.4. The molecule has 1 fully saturated rings. The molecule has 0 radical (unpaired) electrons. The van der Waals surface area contributed by atoms with Gasteiger partial charge in [-0.15, -0.1) is 0 Å². The number of hydrogen-bond acceptors (Lipinski definition) is 3. The first-order valence-electron chi connectivity index (χ1n) is 8.93. The maximum atomic E-state index is 13.8. The Morgan fingerprint density at radius 3 is 2.00 bits per heavy atom. The maximum absolute atomic E-state index is 13.8. The van der Waals surface area contributed by atoms with Gasteiger partial charge in [-0.05, 0) is 61.2 Å². The third-order valence-corrected chi connectivity index (χ3v) is 6.87. The number of piperazine rings is 1. The van der Waals surface area contributed by atoms with Crippen LogP contribution in [-0.2, 0) is 16.4 Å². The van der Waals surface area contributed by atoms with Crippen LogP contribution in [0.4, 0.5) is 10.1 Å². The van der Waals surface area contributed by atoms with Crippen LogP contribution >= 0.6 is 0 Å². The molecule has 0 aromatic heterocycles. The van der Waals surface area contributed by atoms with Gasteiger partial charge in [-0.2, -0.15) is 4.31 Å². The Morgan fingerprint density at radius 1 is 0.962 bits per heavy atom. The van der Waals surface area contributed by atoms with E-state index in [9.17, 15) is 12.8 Å². The van der Waals surface area contributed by atoms with E-state index in [1.54, 1.807) is 13.8 Å². The molecule has 2 aromatic rings. The Hall–Kier alpha value is -1.92. The summed E-state index contributed by atoms with van der Waals surface area (Å²) in [5, 5.41) is 0. The highest BCUT2D eigenvalue weighted by atomic mass is 32.2. The van der Waals surface area contributed by atoms with E-state index in [0.717, 1.165) is 12.1 Å². The molecule has 0 unspecified atom stereocenters. The second kappa shape index (κ2) is 7.37. The van der Waals surface area contributed by atoms with Crippen molar-refractivity contribution in [3.05, 3.63) is 58.9 Å². The summed E-state index contributed by atoms with van der Waals surface area (Å²) in [6.07, 6.45) is 1.00. The lowest BCUT2D eigenvalue weighted by Crippen LogP contribution is -2.48. The number of rotatable bonds is 4. The summed E-state index contributed by atoms with van der Waals surface area (Å²) in [4.78, 5) is 2.38. The van der Waals surface area contributed by atoms with Gasteiger partial charge in [0.15, 0.2) is 0 Å². The van der Waals surface area contributed by atoms with Gasteiger partial charge in [0.2, 0.25) is 10.0 Å². The normalized spacial score (nSPS) is 16.1. The highest BCUT2D eigenvalue weighted by molar-refractivity contribution is 7.89. The van der Waals surface area contributed by atoms with Crippen LogP contribution in [-0.4, -0.2) is 38.9 Å². The zero-order valence-electron chi connectivity index (χ0n) is 15.5. The molecule has 0 amide bonds. The lowest BCUT2D eigenvalue weighted by atomic mass is 10.1. The van der Waals surface area contributed by atoms with E-state index < -0.39 is 10.0 Å². The Kier molecular flexibility index (Phi) is 5.34. The van der Waals surface area contributed by atoms with Gasteiger partial charge >= 0.3 is 0 Å². The van der Waals surface area contributed by atoms with Gasteiger partial charge in [-0.3, -0.25) is 0 Å². The van der Waals surface area contributed by atoms with Gasteiger partial charge in [0.1, 0.15) is 5.82 Å². The number of sulfonamides is 1. The highest BCUT2D eigenvalue weighted by Crippen LogP contribution is 2.24. The Morgan fingerprint density at radius 2 is 1.50 bits per heavy atom. The largest absolute Gasteiger partial charge is 0.369 e. The second-order valence-corrected chi connectivity index (χ2v) is 8.72. The first kappa shape index (κ1) is 18.9. The topological polar surface area (TPSA) is 40.6 Å². The molecular formula is C20H25FN2O2S. The fourth-order valence-corrected chi connectivity index (χ4v) is 4.93. The van der Waals surface area contributed by atoms with E-state index in [4.69, 9.17) is 0 Å². The van der Waals surface area contributed by atoms with E-state index in [0.29, 0.717) is 37.3 Å². The van der Waals surface area contributed by atoms with Gasteiger partial charge < -0.3 is 4.90 Å². The summed E-state index contributed by atoms with van der Waals surface area (Å²) in [5.41, 5.74) is 3.13. The smallest absolute Gasteiger partial charge is 0.243 e. The van der Waals surface area contributed by atoms with Crippen LogP contribution in [0.1, 0.15) is 23.6 Å². The Balaban J connectivity index is 1.74. The highest BCUT2D eigenvalue weighted by Gasteiger charge is 2.29. The van der Waals surface area contributed by atoms with Crippen molar-refractivity contribution in [1.29, 1.82) is 0 Å². The number of nitrogens with zero attached hydrogens (tertiary/aromatic N) is 2. The van der Waals surface area contributed by atoms with Crippen LogP contribution in [0.15, 0.2) is 41.3 Å². The molecule has 0 atom stereocenters. The molecular weight excluding hydrogens is 351 g/mol. The number of halogens is 1. The molecule has 1 aliphatic rings. The number of hydrogen-bond donors (Lipinski definition) is 0. The van der Waals surface area contributed by atoms with Crippen molar-refractivity contribution in [2.75, 3.05) is 31.1 Å². The van der Waals surface area contributed by atoms with Crippen molar-refractivity contribution in [2.24, 2.45) is 0 Å². The zero-order chi connectivity index (χ0) is 18.9. The van der Waals surface area contributed by atoms with Crippen molar-refractivity contribution in [3.63, 3.8) is 0 Å². The lowest BCUT2D eigenvalue weighted by Gasteiger charge is -2.35. The minimum Gasteiger partial charge on any atom is -0.369 e. The molecule has 6 heteroatoms. The zero-order valence-corrected chi connectivity index (χ0v) is 16.3. The third kappa shape index (κ3) is 3.62. The molecule has 2 aromatic carbocycles. The monoisotopic (exact) mass is 376 g/mol. The van der Waals surface area contributed by atoms with Crippen LogP contribution in [0.25, 0.3) is 0 Å². The minimum atomic E-state index is -3.60. The van der Waals surface area contributed by atoms with Crippen LogP contribution in [0, 0.1) is 19.7 Å². The number of benzene rings is 2. The summed E-state index contributed by atoms with van der Waals surface area (Å²) < 4.78 is 41.1. The molecule has 1 heterocycles. The van der Waals surface area contributed by atoms with Gasteiger partial charge in [-0.1, -0.05) is 19.1 Å². The van der Waals surface area contributed by atoms with Gasteiger partial charge in [0.05, 0.1) is 4.90 Å². The predicted octanol–water partition coefficient (Wildman–Crippen LogP) is 3.52. The van der Waals surface area contributed by atoms with E-state index in [2.05, 4.69) is 36.1 Å². The molecule has 0 saturated carbocycles. The summed E-state index contributed by atoms with van der Waals surface area (Å²) in [6, 6.07) is 11.3.